The molecule has 40 heavy (non-hydrogen) atoms. The zero-order chi connectivity index (χ0) is 23.9. The third-order valence-electron chi connectivity index (χ3n) is 7.32. The van der Waals surface area contributed by atoms with Crippen LogP contribution in [0.2, 0.25) is 0 Å². The molecule has 2 aliphatic rings. The predicted octanol–water partition coefficient (Wildman–Crippen LogP) is 6.61. The first-order valence-electron chi connectivity index (χ1n) is 12.7. The molecule has 0 saturated carbocycles. The van der Waals surface area contributed by atoms with Gasteiger partial charge in [-0.3, -0.25) is 4.98 Å². The van der Waals surface area contributed by atoms with Gasteiger partial charge < -0.3 is 20.6 Å². The summed E-state index contributed by atoms with van der Waals surface area (Å²) in [6.07, 6.45) is 10.3. The summed E-state index contributed by atoms with van der Waals surface area (Å²) in [5, 5.41) is 6.98. The number of aromatic nitrogens is 6. The Morgan fingerprint density at radius 1 is 0.575 bits per heavy atom. The van der Waals surface area contributed by atoms with E-state index < -0.39 is 0 Å². The van der Waals surface area contributed by atoms with Crippen molar-refractivity contribution in [1.29, 1.82) is 0 Å². The molecule has 0 unspecified atom stereocenters. The number of halogens is 4. The minimum atomic E-state index is 0. The second-order valence-corrected chi connectivity index (χ2v) is 9.70. The fourth-order valence-electron chi connectivity index (χ4n) is 5.29. The van der Waals surface area contributed by atoms with Crippen LogP contribution in [0.15, 0.2) is 61.1 Å². The van der Waals surface area contributed by atoms with E-state index in [4.69, 9.17) is 9.97 Å². The molecule has 5 aromatic rings. The highest BCUT2D eigenvalue weighted by molar-refractivity contribution is 5.86. The first-order valence-corrected chi connectivity index (χ1v) is 12.7. The van der Waals surface area contributed by atoms with Crippen molar-refractivity contribution in [3.63, 3.8) is 0 Å². The molecule has 12 heteroatoms. The fraction of sp³-hybridized carbons (Fsp3) is 0.286. The zero-order valence-electron chi connectivity index (χ0n) is 21.6. The summed E-state index contributed by atoms with van der Waals surface area (Å²) in [4.78, 5) is 25.7. The Kier molecular flexibility index (Phi) is 10.9. The topological polar surface area (TPSA) is 107 Å². The molecule has 2 aliphatic heterocycles. The molecule has 212 valence electrons. The average molecular weight is 622 g/mol. The van der Waals surface area contributed by atoms with Crippen molar-refractivity contribution in [2.24, 2.45) is 0 Å². The van der Waals surface area contributed by atoms with Gasteiger partial charge in [-0.2, -0.15) is 0 Å². The van der Waals surface area contributed by atoms with Gasteiger partial charge in [0.1, 0.15) is 11.6 Å². The van der Waals surface area contributed by atoms with Crippen molar-refractivity contribution in [3.8, 4) is 33.8 Å². The van der Waals surface area contributed by atoms with Gasteiger partial charge in [0.25, 0.3) is 0 Å². The second-order valence-electron chi connectivity index (χ2n) is 9.70. The van der Waals surface area contributed by atoms with Gasteiger partial charge in [0, 0.05) is 11.1 Å². The summed E-state index contributed by atoms with van der Waals surface area (Å²) in [5.74, 6) is 2.03. The highest BCUT2D eigenvalue weighted by atomic mass is 35.5. The van der Waals surface area contributed by atoms with Crippen LogP contribution in [0.3, 0.4) is 0 Å². The lowest BCUT2D eigenvalue weighted by Crippen LogP contribution is -2.14. The van der Waals surface area contributed by atoms with Crippen LogP contribution >= 0.6 is 49.6 Å². The van der Waals surface area contributed by atoms with Crippen LogP contribution in [0.1, 0.15) is 49.4 Å². The van der Waals surface area contributed by atoms with E-state index in [-0.39, 0.29) is 49.6 Å². The number of nitrogens with zero attached hydrogens (tertiary/aromatic N) is 4. The van der Waals surface area contributed by atoms with Gasteiger partial charge in [0.15, 0.2) is 0 Å². The van der Waals surface area contributed by atoms with Gasteiger partial charge in [-0.05, 0) is 56.5 Å². The lowest BCUT2D eigenvalue weighted by atomic mass is 10.1. The van der Waals surface area contributed by atoms with Crippen LogP contribution in [0, 0.1) is 0 Å². The summed E-state index contributed by atoms with van der Waals surface area (Å²) in [6, 6.07) is 15.3. The number of hydrogen-bond acceptors (Lipinski definition) is 6. The first kappa shape index (κ1) is 31.8. The van der Waals surface area contributed by atoms with Crippen LogP contribution in [0.4, 0.5) is 0 Å². The number of aromatic amines is 2. The summed E-state index contributed by atoms with van der Waals surface area (Å²) >= 11 is 0. The van der Waals surface area contributed by atoms with E-state index in [1.54, 1.807) is 0 Å². The normalized spacial score (nSPS) is 17.9. The molecule has 0 aliphatic carbocycles. The standard InChI is InChI=1S/C28H28N8.4ClH/c1-3-21(29-11-1)27-32-15-25(35-27)18-7-5-17(6-8-18)24-14-31-23-13-19(9-10-20(23)34-24)26-16-33-28(36-26)22-4-2-12-30-22;;;;/h5-10,13-16,21-22,29-30H,1-4,11-12H2,(H,32,35)(H,33,36);4*1H/t21-,22-;;;;/m0..../s1. The molecule has 0 radical (unpaired) electrons. The highest BCUT2D eigenvalue weighted by Gasteiger charge is 2.20. The van der Waals surface area contributed by atoms with Crippen LogP contribution in [0.5, 0.6) is 0 Å². The number of nitrogens with one attached hydrogen (secondary N) is 4. The molecule has 7 rings (SSSR count). The molecule has 0 amide bonds. The maximum absolute atomic E-state index is 4.88. The Labute approximate surface area is 257 Å². The third kappa shape index (κ3) is 6.28. The van der Waals surface area contributed by atoms with Crippen molar-refractivity contribution in [2.75, 3.05) is 13.1 Å². The Morgan fingerprint density at radius 2 is 1.12 bits per heavy atom. The van der Waals surface area contributed by atoms with Crippen molar-refractivity contribution < 1.29 is 0 Å². The number of H-pyrrole nitrogens is 2. The van der Waals surface area contributed by atoms with E-state index >= 15 is 0 Å². The van der Waals surface area contributed by atoms with Crippen molar-refractivity contribution in [2.45, 2.75) is 37.8 Å². The molecular formula is C28H32Cl4N8. The number of rotatable bonds is 5. The number of imidazole rings is 2. The van der Waals surface area contributed by atoms with Crippen molar-refractivity contribution in [3.05, 3.63) is 72.7 Å². The van der Waals surface area contributed by atoms with Crippen molar-refractivity contribution in [1.82, 2.24) is 40.5 Å². The lowest BCUT2D eigenvalue weighted by molar-refractivity contribution is 0.613. The summed E-state index contributed by atoms with van der Waals surface area (Å²) in [6.45, 7) is 2.12. The molecule has 2 saturated heterocycles. The van der Waals surface area contributed by atoms with Gasteiger partial charge in [-0.1, -0.05) is 30.3 Å². The fourth-order valence-corrected chi connectivity index (χ4v) is 5.29. The molecule has 2 fully saturated rings. The molecule has 3 aromatic heterocycles. The van der Waals surface area contributed by atoms with E-state index in [1.807, 2.05) is 24.7 Å². The monoisotopic (exact) mass is 620 g/mol. The van der Waals surface area contributed by atoms with Crippen LogP contribution in [-0.2, 0) is 0 Å². The molecule has 2 atom stereocenters. The molecule has 4 N–H and O–H groups in total. The molecule has 8 nitrogen and oxygen atoms in total. The largest absolute Gasteiger partial charge is 0.341 e. The Bertz CT molecular complexity index is 1520. The van der Waals surface area contributed by atoms with E-state index in [0.29, 0.717) is 12.1 Å². The first-order chi connectivity index (χ1) is 17.8. The smallest absolute Gasteiger partial charge is 0.123 e. The van der Waals surface area contributed by atoms with Gasteiger partial charge in [-0.15, -0.1) is 49.6 Å². The van der Waals surface area contributed by atoms with E-state index in [0.717, 1.165) is 82.4 Å². The molecular weight excluding hydrogens is 590 g/mol. The van der Waals surface area contributed by atoms with E-state index in [2.05, 4.69) is 67.0 Å². The van der Waals surface area contributed by atoms with E-state index in [1.165, 1.54) is 12.8 Å². The summed E-state index contributed by atoms with van der Waals surface area (Å²) < 4.78 is 0. The quantitative estimate of drug-likeness (QED) is 0.176. The lowest BCUT2D eigenvalue weighted by Gasteiger charge is -2.07. The second kappa shape index (κ2) is 13.8. The summed E-state index contributed by atoms with van der Waals surface area (Å²) in [7, 11) is 0. The highest BCUT2D eigenvalue weighted by Crippen LogP contribution is 2.28. The van der Waals surface area contributed by atoms with Crippen LogP contribution in [0.25, 0.3) is 44.8 Å². The van der Waals surface area contributed by atoms with Gasteiger partial charge in [-0.25, -0.2) is 15.0 Å². The number of hydrogen-bond donors (Lipinski definition) is 4. The van der Waals surface area contributed by atoms with Gasteiger partial charge in [0.2, 0.25) is 0 Å². The molecule has 5 heterocycles. The minimum Gasteiger partial charge on any atom is -0.341 e. The summed E-state index contributed by atoms with van der Waals surface area (Å²) in [5.41, 5.74) is 7.86. The van der Waals surface area contributed by atoms with Crippen LogP contribution in [-0.4, -0.2) is 43.0 Å². The van der Waals surface area contributed by atoms with E-state index in [9.17, 15) is 0 Å². The Hall–Kier alpha value is -2.72. The average Bonchev–Trinajstić information content (AvgIpc) is 3.75. The van der Waals surface area contributed by atoms with Gasteiger partial charge in [0.05, 0.1) is 58.8 Å². The number of fused-ring (bicyclic) bond motifs is 1. The predicted molar refractivity (Wildman–Crippen MR) is 169 cm³/mol. The van der Waals surface area contributed by atoms with Crippen molar-refractivity contribution >= 4 is 60.7 Å². The maximum atomic E-state index is 4.88. The Balaban J connectivity index is 0.00000110. The zero-order valence-corrected chi connectivity index (χ0v) is 24.9. The maximum Gasteiger partial charge on any atom is 0.123 e. The minimum absolute atomic E-state index is 0. The molecule has 0 bridgehead atoms. The number of benzene rings is 2. The van der Waals surface area contributed by atoms with Crippen LogP contribution < -0.4 is 10.6 Å². The SMILES string of the molecule is Cl.Cl.Cl.Cl.c1cc(-c2cnc([C@@H]3CCCN3)[nH]2)ccc1-c1cnc2cc(-c3cnc([C@@H]4CCCN4)[nH]3)ccc2n1. The Morgan fingerprint density at radius 3 is 1.70 bits per heavy atom. The molecule has 2 aromatic carbocycles. The third-order valence-corrected chi connectivity index (χ3v) is 7.32. The van der Waals surface area contributed by atoms with Gasteiger partial charge >= 0.3 is 0 Å². The molecule has 0 spiro atoms.